The Morgan fingerprint density at radius 2 is 1.95 bits per heavy atom. The molecule has 0 fully saturated rings. The molecule has 0 radical (unpaired) electrons. The van der Waals surface area contributed by atoms with Gasteiger partial charge in [-0.1, -0.05) is 50.6 Å². The van der Waals surface area contributed by atoms with E-state index in [9.17, 15) is 0 Å². The summed E-state index contributed by atoms with van der Waals surface area (Å²) in [6.45, 7) is 4.45. The van der Waals surface area contributed by atoms with Crippen molar-refractivity contribution in [2.75, 3.05) is 0 Å². The molecular formula is C16H22N2S. The Labute approximate surface area is 119 Å². The first-order valence-electron chi connectivity index (χ1n) is 7.05. The summed E-state index contributed by atoms with van der Waals surface area (Å²) in [6.07, 6.45) is 5.30. The maximum absolute atomic E-state index is 4.45. The number of rotatable bonds is 7. The van der Waals surface area contributed by atoms with E-state index in [1.807, 2.05) is 6.20 Å². The third kappa shape index (κ3) is 3.88. The molecule has 0 amide bonds. The Balaban J connectivity index is 2.12. The van der Waals surface area contributed by atoms with E-state index in [-0.39, 0.29) is 0 Å². The fraction of sp³-hybridized carbons (Fsp3) is 0.438. The summed E-state index contributed by atoms with van der Waals surface area (Å²) in [7, 11) is 0. The van der Waals surface area contributed by atoms with Crippen LogP contribution >= 0.6 is 11.3 Å². The van der Waals surface area contributed by atoms with Crippen LogP contribution in [0.5, 0.6) is 0 Å². The topological polar surface area (TPSA) is 24.9 Å². The molecule has 2 aromatic rings. The average Bonchev–Trinajstić information content (AvgIpc) is 2.98. The first kappa shape index (κ1) is 14.2. The lowest BCUT2D eigenvalue weighted by Gasteiger charge is -2.24. The van der Waals surface area contributed by atoms with Gasteiger partial charge in [0.2, 0.25) is 0 Å². The van der Waals surface area contributed by atoms with Crippen LogP contribution in [0.25, 0.3) is 0 Å². The summed E-state index contributed by atoms with van der Waals surface area (Å²) in [5.74, 6) is 0. The fourth-order valence-corrected chi connectivity index (χ4v) is 3.12. The minimum absolute atomic E-state index is 0.358. The standard InChI is InChI=1S/C16H22N2S/c1-3-8-15(13-9-6-5-7-10-13)18-14(4-2)16-17-11-12-19-16/h5-7,9-12,14-15,18H,3-4,8H2,1-2H3. The van der Waals surface area contributed by atoms with Gasteiger partial charge in [0.25, 0.3) is 0 Å². The van der Waals surface area contributed by atoms with Crippen LogP contribution in [0.4, 0.5) is 0 Å². The summed E-state index contributed by atoms with van der Waals surface area (Å²) in [5.41, 5.74) is 1.37. The monoisotopic (exact) mass is 274 g/mol. The van der Waals surface area contributed by atoms with Gasteiger partial charge in [-0.05, 0) is 18.4 Å². The van der Waals surface area contributed by atoms with E-state index in [0.717, 1.165) is 12.8 Å². The summed E-state index contributed by atoms with van der Waals surface area (Å²) in [6, 6.07) is 11.5. The van der Waals surface area contributed by atoms with Gasteiger partial charge in [0, 0.05) is 17.6 Å². The largest absolute Gasteiger partial charge is 0.301 e. The van der Waals surface area contributed by atoms with Gasteiger partial charge in [-0.15, -0.1) is 11.3 Å². The Kier molecular flexibility index (Phi) is 5.55. The molecule has 2 nitrogen and oxygen atoms in total. The minimum Gasteiger partial charge on any atom is -0.301 e. The molecule has 0 bridgehead atoms. The van der Waals surface area contributed by atoms with Crippen LogP contribution in [0.3, 0.4) is 0 Å². The van der Waals surface area contributed by atoms with Gasteiger partial charge in [-0.3, -0.25) is 0 Å². The Bertz CT molecular complexity index is 453. The Morgan fingerprint density at radius 3 is 2.53 bits per heavy atom. The molecule has 1 heterocycles. The summed E-state index contributed by atoms with van der Waals surface area (Å²) < 4.78 is 0. The third-order valence-electron chi connectivity index (χ3n) is 3.34. The lowest BCUT2D eigenvalue weighted by atomic mass is 10.0. The van der Waals surface area contributed by atoms with Crippen molar-refractivity contribution in [2.24, 2.45) is 0 Å². The van der Waals surface area contributed by atoms with E-state index >= 15 is 0 Å². The van der Waals surface area contributed by atoms with E-state index in [4.69, 9.17) is 0 Å². The second-order valence-electron chi connectivity index (χ2n) is 4.75. The van der Waals surface area contributed by atoms with Crippen molar-refractivity contribution in [2.45, 2.75) is 45.2 Å². The van der Waals surface area contributed by atoms with Gasteiger partial charge in [0.05, 0.1) is 6.04 Å². The zero-order valence-corrected chi connectivity index (χ0v) is 12.5. The number of nitrogens with one attached hydrogen (secondary N) is 1. The molecule has 0 aliphatic carbocycles. The number of thiazole rings is 1. The fourth-order valence-electron chi connectivity index (χ4n) is 2.33. The summed E-state index contributed by atoms with van der Waals surface area (Å²) in [4.78, 5) is 4.45. The van der Waals surface area contributed by atoms with Crippen LogP contribution in [0.15, 0.2) is 41.9 Å². The van der Waals surface area contributed by atoms with Gasteiger partial charge in [0.15, 0.2) is 0 Å². The number of benzene rings is 1. The SMILES string of the molecule is CCCC(NC(CC)c1nccs1)c1ccccc1. The second-order valence-corrected chi connectivity index (χ2v) is 5.68. The normalized spacial score (nSPS) is 14.2. The first-order valence-corrected chi connectivity index (χ1v) is 7.93. The maximum Gasteiger partial charge on any atom is 0.109 e. The van der Waals surface area contributed by atoms with Gasteiger partial charge in [0.1, 0.15) is 5.01 Å². The van der Waals surface area contributed by atoms with Crippen molar-refractivity contribution in [3.05, 3.63) is 52.5 Å². The molecule has 1 N–H and O–H groups in total. The van der Waals surface area contributed by atoms with Crippen molar-refractivity contribution in [3.8, 4) is 0 Å². The Hall–Kier alpha value is -1.19. The van der Waals surface area contributed by atoms with Crippen LogP contribution in [0.2, 0.25) is 0 Å². The van der Waals surface area contributed by atoms with E-state index in [1.54, 1.807) is 11.3 Å². The zero-order valence-electron chi connectivity index (χ0n) is 11.7. The van der Waals surface area contributed by atoms with Gasteiger partial charge in [-0.2, -0.15) is 0 Å². The predicted molar refractivity (Wildman–Crippen MR) is 82.4 cm³/mol. The lowest BCUT2D eigenvalue weighted by Crippen LogP contribution is -2.26. The van der Waals surface area contributed by atoms with Crippen LogP contribution in [-0.2, 0) is 0 Å². The predicted octanol–water partition coefficient (Wildman–Crippen LogP) is 4.73. The van der Waals surface area contributed by atoms with E-state index < -0.39 is 0 Å². The highest BCUT2D eigenvalue weighted by atomic mass is 32.1. The summed E-state index contributed by atoms with van der Waals surface area (Å²) >= 11 is 1.74. The molecule has 0 aliphatic heterocycles. The second kappa shape index (κ2) is 7.41. The van der Waals surface area contributed by atoms with Gasteiger partial charge >= 0.3 is 0 Å². The molecule has 2 unspecified atom stereocenters. The van der Waals surface area contributed by atoms with Gasteiger partial charge in [-0.25, -0.2) is 4.98 Å². The third-order valence-corrected chi connectivity index (χ3v) is 4.23. The van der Waals surface area contributed by atoms with Crippen molar-refractivity contribution >= 4 is 11.3 Å². The molecule has 1 aromatic heterocycles. The molecular weight excluding hydrogens is 252 g/mol. The van der Waals surface area contributed by atoms with E-state index in [0.29, 0.717) is 12.1 Å². The number of nitrogens with zero attached hydrogens (tertiary/aromatic N) is 1. The van der Waals surface area contributed by atoms with Crippen molar-refractivity contribution < 1.29 is 0 Å². The highest BCUT2D eigenvalue weighted by Gasteiger charge is 2.18. The zero-order chi connectivity index (χ0) is 13.5. The first-order chi connectivity index (χ1) is 9.35. The molecule has 19 heavy (non-hydrogen) atoms. The number of hydrogen-bond donors (Lipinski definition) is 1. The van der Waals surface area contributed by atoms with Crippen molar-refractivity contribution in [3.63, 3.8) is 0 Å². The minimum atomic E-state index is 0.358. The molecule has 0 saturated heterocycles. The molecule has 1 aromatic carbocycles. The number of hydrogen-bond acceptors (Lipinski definition) is 3. The van der Waals surface area contributed by atoms with Crippen LogP contribution < -0.4 is 5.32 Å². The average molecular weight is 274 g/mol. The quantitative estimate of drug-likeness (QED) is 0.790. The van der Waals surface area contributed by atoms with Crippen LogP contribution in [0.1, 0.15) is 55.8 Å². The molecule has 102 valence electrons. The highest BCUT2D eigenvalue weighted by Crippen LogP contribution is 2.26. The molecule has 0 spiro atoms. The molecule has 3 heteroatoms. The maximum atomic E-state index is 4.45. The van der Waals surface area contributed by atoms with Gasteiger partial charge < -0.3 is 5.32 Å². The molecule has 0 saturated carbocycles. The lowest BCUT2D eigenvalue weighted by molar-refractivity contribution is 0.412. The summed E-state index contributed by atoms with van der Waals surface area (Å²) in [5, 5.41) is 7.02. The van der Waals surface area contributed by atoms with Crippen LogP contribution in [0, 0.1) is 0 Å². The Morgan fingerprint density at radius 1 is 1.16 bits per heavy atom. The highest BCUT2D eigenvalue weighted by molar-refractivity contribution is 7.09. The molecule has 2 rings (SSSR count). The van der Waals surface area contributed by atoms with Crippen molar-refractivity contribution in [1.82, 2.24) is 10.3 Å². The van der Waals surface area contributed by atoms with Crippen molar-refractivity contribution in [1.29, 1.82) is 0 Å². The molecule has 0 aliphatic rings. The number of aromatic nitrogens is 1. The van der Waals surface area contributed by atoms with Crippen LogP contribution in [-0.4, -0.2) is 4.98 Å². The molecule has 2 atom stereocenters. The smallest absolute Gasteiger partial charge is 0.109 e. The van der Waals surface area contributed by atoms with E-state index in [1.165, 1.54) is 17.0 Å². The van der Waals surface area contributed by atoms with E-state index in [2.05, 4.69) is 59.9 Å².